The molecule has 2 unspecified atom stereocenters. The molecule has 2 N–H and O–H groups in total. The maximum atomic E-state index is 12.0. The first-order valence-electron chi connectivity index (χ1n) is 16.1. The minimum atomic E-state index is -0.955. The Labute approximate surface area is 288 Å². The fourth-order valence-corrected chi connectivity index (χ4v) is 7.15. The number of carboxylic acid groups (broad SMARTS) is 2. The zero-order valence-corrected chi connectivity index (χ0v) is 27.4. The molecule has 0 aromatic heterocycles. The quantitative estimate of drug-likeness (QED) is 0.153. The summed E-state index contributed by atoms with van der Waals surface area (Å²) in [5, 5.41) is 18.0. The number of ketones is 2. The van der Waals surface area contributed by atoms with Crippen molar-refractivity contribution >= 4 is 36.4 Å². The van der Waals surface area contributed by atoms with Crippen LogP contribution >= 0.6 is 0 Å². The summed E-state index contributed by atoms with van der Waals surface area (Å²) in [7, 11) is 0. The molecular formula is C40H36O10. The van der Waals surface area contributed by atoms with Gasteiger partial charge in [0.15, 0.2) is 0 Å². The number of Topliss-reactive ketones (excluding diaryl/α,β-unsaturated/α-hetero) is 2. The smallest absolute Gasteiger partial charge is 0.335 e. The SMILES string of the molecule is CC(=O)C1C[C@@H](c2ccc(C(=O)O)cc2)[C@@H]1c1ccc(OC=O)cc1.CC(=O)C1C[C@H](c2ccc(C(=O)O)cc2)[C@@H]1c1ccc(OC=O)cc1. The third-order valence-electron chi connectivity index (χ3n) is 9.86. The number of hydrogen-bond acceptors (Lipinski definition) is 8. The molecule has 10 heteroatoms. The molecule has 6 atom stereocenters. The highest BCUT2D eigenvalue weighted by atomic mass is 16.5. The summed E-state index contributed by atoms with van der Waals surface area (Å²) in [6, 6.07) is 28.0. The van der Waals surface area contributed by atoms with Gasteiger partial charge in [-0.05, 0) is 109 Å². The van der Waals surface area contributed by atoms with Crippen LogP contribution in [0.5, 0.6) is 11.5 Å². The van der Waals surface area contributed by atoms with E-state index in [-0.39, 0.29) is 58.2 Å². The van der Waals surface area contributed by atoms with Crippen LogP contribution in [0, 0.1) is 11.8 Å². The van der Waals surface area contributed by atoms with Crippen LogP contribution in [0.1, 0.15) is 93.3 Å². The summed E-state index contributed by atoms with van der Waals surface area (Å²) >= 11 is 0. The van der Waals surface area contributed by atoms with Gasteiger partial charge in [-0.1, -0.05) is 48.5 Å². The molecule has 256 valence electrons. The summed E-state index contributed by atoms with van der Waals surface area (Å²) in [5.41, 5.74) is 4.58. The number of hydrogen-bond donors (Lipinski definition) is 2. The van der Waals surface area contributed by atoms with Crippen LogP contribution in [-0.2, 0) is 19.2 Å². The molecule has 0 spiro atoms. The molecule has 2 aliphatic carbocycles. The molecule has 0 saturated heterocycles. The molecule has 0 heterocycles. The lowest BCUT2D eigenvalue weighted by Gasteiger charge is -2.44. The third kappa shape index (κ3) is 7.70. The summed E-state index contributed by atoms with van der Waals surface area (Å²) < 4.78 is 9.62. The zero-order chi connectivity index (χ0) is 35.9. The lowest BCUT2D eigenvalue weighted by molar-refractivity contribution is -0.125. The predicted octanol–water partition coefficient (Wildman–Crippen LogP) is 6.79. The van der Waals surface area contributed by atoms with Gasteiger partial charge < -0.3 is 19.7 Å². The van der Waals surface area contributed by atoms with Crippen molar-refractivity contribution in [3.05, 3.63) is 130 Å². The van der Waals surface area contributed by atoms with Gasteiger partial charge in [0, 0.05) is 23.7 Å². The van der Waals surface area contributed by atoms with E-state index in [0.29, 0.717) is 24.4 Å². The predicted molar refractivity (Wildman–Crippen MR) is 182 cm³/mol. The Morgan fingerprint density at radius 1 is 0.520 bits per heavy atom. The van der Waals surface area contributed by atoms with Crippen molar-refractivity contribution in [1.82, 2.24) is 0 Å². The minimum Gasteiger partial charge on any atom is -0.478 e. The fraction of sp³-hybridized carbons (Fsp3) is 0.250. The van der Waals surface area contributed by atoms with Crippen LogP contribution < -0.4 is 9.47 Å². The Kier molecular flexibility index (Phi) is 11.0. The van der Waals surface area contributed by atoms with Gasteiger partial charge >= 0.3 is 11.9 Å². The lowest BCUT2D eigenvalue weighted by Crippen LogP contribution is -2.37. The van der Waals surface area contributed by atoms with Gasteiger partial charge in [-0.15, -0.1) is 0 Å². The first kappa shape index (κ1) is 35.4. The molecule has 0 aliphatic heterocycles. The topological polar surface area (TPSA) is 161 Å². The molecule has 50 heavy (non-hydrogen) atoms. The summed E-state index contributed by atoms with van der Waals surface area (Å²) in [6.45, 7) is 3.96. The molecule has 2 fully saturated rings. The van der Waals surface area contributed by atoms with Gasteiger partial charge in [0.25, 0.3) is 12.9 Å². The second-order valence-corrected chi connectivity index (χ2v) is 12.6. The van der Waals surface area contributed by atoms with E-state index in [1.165, 1.54) is 0 Å². The number of carboxylic acids is 2. The van der Waals surface area contributed by atoms with Crippen LogP contribution in [0.3, 0.4) is 0 Å². The number of carbonyl (C=O) groups is 6. The van der Waals surface area contributed by atoms with E-state index in [4.69, 9.17) is 19.7 Å². The van der Waals surface area contributed by atoms with Crippen molar-refractivity contribution < 1.29 is 48.5 Å². The molecule has 6 rings (SSSR count). The number of aromatic carboxylic acids is 2. The molecule has 4 aromatic carbocycles. The van der Waals surface area contributed by atoms with E-state index in [9.17, 15) is 28.8 Å². The van der Waals surface area contributed by atoms with Crippen molar-refractivity contribution in [2.24, 2.45) is 11.8 Å². The Morgan fingerprint density at radius 2 is 0.820 bits per heavy atom. The van der Waals surface area contributed by atoms with Crippen molar-refractivity contribution in [2.75, 3.05) is 0 Å². The average molecular weight is 677 g/mol. The molecule has 0 amide bonds. The van der Waals surface area contributed by atoms with E-state index in [2.05, 4.69) is 0 Å². The van der Waals surface area contributed by atoms with E-state index >= 15 is 0 Å². The molecule has 0 radical (unpaired) electrons. The highest BCUT2D eigenvalue weighted by Gasteiger charge is 2.46. The Hall–Kier alpha value is -5.90. The maximum absolute atomic E-state index is 12.0. The normalized spacial score (nSPS) is 21.9. The van der Waals surface area contributed by atoms with Crippen molar-refractivity contribution in [2.45, 2.75) is 50.4 Å². The van der Waals surface area contributed by atoms with E-state index in [1.54, 1.807) is 62.4 Å². The fourth-order valence-electron chi connectivity index (χ4n) is 7.15. The number of ether oxygens (including phenoxy) is 2. The standard InChI is InChI=1S/2C20H18O5/c2*1-12(22)17-10-18(13-2-4-15(5-3-13)20(23)24)19(17)14-6-8-16(9-7-14)25-11-21/h2*2-9,11,17-19H,10H2,1H3,(H,23,24)/t17?,18-,19+;17?,18-,19-/m01/s1. The van der Waals surface area contributed by atoms with Crippen LogP contribution in [-0.4, -0.2) is 46.7 Å². The van der Waals surface area contributed by atoms with Gasteiger partial charge in [0.05, 0.1) is 11.1 Å². The largest absolute Gasteiger partial charge is 0.478 e. The van der Waals surface area contributed by atoms with E-state index < -0.39 is 11.9 Å². The van der Waals surface area contributed by atoms with Gasteiger partial charge in [0.2, 0.25) is 0 Å². The number of rotatable bonds is 12. The Bertz CT molecular complexity index is 1720. The zero-order valence-electron chi connectivity index (χ0n) is 27.4. The van der Waals surface area contributed by atoms with Crippen LogP contribution in [0.4, 0.5) is 0 Å². The highest BCUT2D eigenvalue weighted by molar-refractivity contribution is 5.88. The maximum Gasteiger partial charge on any atom is 0.335 e. The summed E-state index contributed by atoms with van der Waals surface area (Å²) in [5.74, 6) is -0.397. The van der Waals surface area contributed by atoms with Crippen molar-refractivity contribution in [3.63, 3.8) is 0 Å². The van der Waals surface area contributed by atoms with Crippen molar-refractivity contribution in [3.8, 4) is 11.5 Å². The van der Waals surface area contributed by atoms with Crippen molar-refractivity contribution in [1.29, 1.82) is 0 Å². The van der Waals surface area contributed by atoms with Gasteiger partial charge in [-0.25, -0.2) is 9.59 Å². The first-order chi connectivity index (χ1) is 24.0. The molecule has 2 saturated carbocycles. The lowest BCUT2D eigenvalue weighted by atomic mass is 9.58. The molecular weight excluding hydrogens is 640 g/mol. The second kappa shape index (κ2) is 15.5. The van der Waals surface area contributed by atoms with Gasteiger partial charge in [-0.3, -0.25) is 19.2 Å². The van der Waals surface area contributed by atoms with E-state index in [1.807, 2.05) is 48.5 Å². The molecule has 2 aliphatic rings. The van der Waals surface area contributed by atoms with Crippen LogP contribution in [0.2, 0.25) is 0 Å². The Morgan fingerprint density at radius 3 is 1.08 bits per heavy atom. The number of carbonyl (C=O) groups excluding carboxylic acids is 4. The minimum absolute atomic E-state index is 0.0402. The first-order valence-corrected chi connectivity index (χ1v) is 16.1. The van der Waals surface area contributed by atoms with Gasteiger partial charge in [-0.2, -0.15) is 0 Å². The Balaban J connectivity index is 0.000000194. The van der Waals surface area contributed by atoms with Gasteiger partial charge in [0.1, 0.15) is 23.1 Å². The monoisotopic (exact) mass is 676 g/mol. The second-order valence-electron chi connectivity index (χ2n) is 12.6. The molecule has 10 nitrogen and oxygen atoms in total. The average Bonchev–Trinajstić information content (AvgIpc) is 3.06. The summed E-state index contributed by atoms with van der Waals surface area (Å²) in [4.78, 5) is 66.7. The highest BCUT2D eigenvalue weighted by Crippen LogP contribution is 2.55. The molecule has 0 bridgehead atoms. The van der Waals surface area contributed by atoms with Crippen LogP contribution in [0.25, 0.3) is 0 Å². The summed E-state index contributed by atoms with van der Waals surface area (Å²) in [6.07, 6.45) is 1.50. The molecule has 4 aromatic rings. The third-order valence-corrected chi connectivity index (χ3v) is 9.86. The van der Waals surface area contributed by atoms with E-state index in [0.717, 1.165) is 35.1 Å². The van der Waals surface area contributed by atoms with Crippen LogP contribution in [0.15, 0.2) is 97.1 Å². The number of benzene rings is 4.